The zero-order valence-corrected chi connectivity index (χ0v) is 15.9. The predicted molar refractivity (Wildman–Crippen MR) is 105 cm³/mol. The Morgan fingerprint density at radius 2 is 1.78 bits per heavy atom. The van der Waals surface area contributed by atoms with Crippen LogP contribution in [0.4, 0.5) is 5.95 Å². The Morgan fingerprint density at radius 1 is 1.07 bits per heavy atom. The highest BCUT2D eigenvalue weighted by atomic mass is 32.2. The number of fused-ring (bicyclic) bond motifs is 1. The highest BCUT2D eigenvalue weighted by molar-refractivity contribution is 7.89. The van der Waals surface area contributed by atoms with Crippen LogP contribution in [0.15, 0.2) is 59.5 Å². The molecule has 0 atom stereocenters. The van der Waals surface area contributed by atoms with Gasteiger partial charge in [-0.25, -0.2) is 18.1 Å². The van der Waals surface area contributed by atoms with Crippen molar-refractivity contribution in [2.45, 2.75) is 31.2 Å². The number of anilines is 1. The van der Waals surface area contributed by atoms with Gasteiger partial charge in [0.2, 0.25) is 21.9 Å². The number of nitrogens with one attached hydrogen (secondary N) is 2. The fraction of sp³-hybridized carbons (Fsp3) is 0.263. The molecule has 3 aromatic rings. The van der Waals surface area contributed by atoms with Gasteiger partial charge in [-0.05, 0) is 30.7 Å². The lowest BCUT2D eigenvalue weighted by atomic mass is 10.3. The number of rotatable bonds is 8. The van der Waals surface area contributed by atoms with Crippen LogP contribution in [0, 0.1) is 0 Å². The predicted octanol–water partition coefficient (Wildman–Crippen LogP) is 2.75. The summed E-state index contributed by atoms with van der Waals surface area (Å²) in [5.41, 5.74) is 1.77. The van der Waals surface area contributed by atoms with E-state index in [-0.39, 0.29) is 23.8 Å². The van der Waals surface area contributed by atoms with E-state index >= 15 is 0 Å². The Balaban J connectivity index is 1.63. The van der Waals surface area contributed by atoms with Gasteiger partial charge in [-0.2, -0.15) is 0 Å². The molecule has 1 aromatic heterocycles. The minimum Gasteiger partial charge on any atom is -0.310 e. The molecule has 0 bridgehead atoms. The summed E-state index contributed by atoms with van der Waals surface area (Å²) < 4.78 is 28.7. The van der Waals surface area contributed by atoms with Gasteiger partial charge in [0, 0.05) is 19.5 Å². The van der Waals surface area contributed by atoms with Crippen molar-refractivity contribution >= 4 is 32.9 Å². The maximum Gasteiger partial charge on any atom is 0.240 e. The molecule has 3 rings (SSSR count). The minimum atomic E-state index is -3.62. The molecule has 2 N–H and O–H groups in total. The molecule has 0 saturated heterocycles. The standard InChI is InChI=1S/C19H22N4O3S/c1-2-14-23-17-11-7-6-10-16(17)21-19(23)22-18(24)12-13-20-27(25,26)15-8-4-3-5-9-15/h3-11,20H,2,12-14H2,1H3,(H,21,22,24). The van der Waals surface area contributed by atoms with E-state index in [2.05, 4.69) is 21.9 Å². The zero-order valence-electron chi connectivity index (χ0n) is 15.1. The van der Waals surface area contributed by atoms with Crippen molar-refractivity contribution in [3.63, 3.8) is 0 Å². The average Bonchev–Trinajstić information content (AvgIpc) is 3.00. The van der Waals surface area contributed by atoms with Crippen LogP contribution in [-0.4, -0.2) is 30.4 Å². The van der Waals surface area contributed by atoms with E-state index < -0.39 is 10.0 Å². The molecular weight excluding hydrogens is 364 g/mol. The number of amides is 1. The van der Waals surface area contributed by atoms with Crippen molar-refractivity contribution in [3.05, 3.63) is 54.6 Å². The first kappa shape index (κ1) is 19.1. The Hall–Kier alpha value is -2.71. The van der Waals surface area contributed by atoms with Crippen LogP contribution >= 0.6 is 0 Å². The summed E-state index contributed by atoms with van der Waals surface area (Å²) in [5, 5.41) is 2.79. The molecule has 27 heavy (non-hydrogen) atoms. The zero-order chi connectivity index (χ0) is 19.3. The van der Waals surface area contributed by atoms with E-state index in [9.17, 15) is 13.2 Å². The first-order valence-corrected chi connectivity index (χ1v) is 10.3. The molecular formula is C19H22N4O3S. The molecule has 0 aliphatic carbocycles. The maximum absolute atomic E-state index is 12.3. The van der Waals surface area contributed by atoms with E-state index in [4.69, 9.17) is 0 Å². The van der Waals surface area contributed by atoms with Crippen LogP contribution in [0.1, 0.15) is 19.8 Å². The highest BCUT2D eigenvalue weighted by Crippen LogP contribution is 2.20. The van der Waals surface area contributed by atoms with Crippen molar-refractivity contribution in [1.29, 1.82) is 0 Å². The van der Waals surface area contributed by atoms with Crippen molar-refractivity contribution in [3.8, 4) is 0 Å². The molecule has 8 heteroatoms. The van der Waals surface area contributed by atoms with E-state index in [0.29, 0.717) is 5.95 Å². The molecule has 0 radical (unpaired) electrons. The second-order valence-electron chi connectivity index (χ2n) is 6.08. The van der Waals surface area contributed by atoms with Gasteiger partial charge in [-0.3, -0.25) is 10.1 Å². The van der Waals surface area contributed by atoms with Crippen LogP contribution in [0.3, 0.4) is 0 Å². The van der Waals surface area contributed by atoms with Gasteiger partial charge in [0.05, 0.1) is 15.9 Å². The third-order valence-electron chi connectivity index (χ3n) is 4.05. The number of para-hydroxylation sites is 2. The van der Waals surface area contributed by atoms with Crippen LogP contribution in [0.2, 0.25) is 0 Å². The lowest BCUT2D eigenvalue weighted by molar-refractivity contribution is -0.116. The largest absolute Gasteiger partial charge is 0.310 e. The van der Waals surface area contributed by atoms with Crippen LogP contribution in [-0.2, 0) is 21.4 Å². The van der Waals surface area contributed by atoms with Crippen LogP contribution < -0.4 is 10.0 Å². The van der Waals surface area contributed by atoms with Gasteiger partial charge in [0.25, 0.3) is 0 Å². The van der Waals surface area contributed by atoms with E-state index in [1.165, 1.54) is 12.1 Å². The number of aryl methyl sites for hydroxylation is 1. The number of carbonyl (C=O) groups excluding carboxylic acids is 1. The van der Waals surface area contributed by atoms with E-state index in [1.807, 2.05) is 28.8 Å². The average molecular weight is 386 g/mol. The van der Waals surface area contributed by atoms with Crippen molar-refractivity contribution in [2.75, 3.05) is 11.9 Å². The van der Waals surface area contributed by atoms with Crippen molar-refractivity contribution in [1.82, 2.24) is 14.3 Å². The van der Waals surface area contributed by atoms with E-state index in [0.717, 1.165) is 24.0 Å². The van der Waals surface area contributed by atoms with Gasteiger partial charge >= 0.3 is 0 Å². The number of sulfonamides is 1. The van der Waals surface area contributed by atoms with Crippen molar-refractivity contribution in [2.24, 2.45) is 0 Å². The van der Waals surface area contributed by atoms with Gasteiger partial charge < -0.3 is 4.57 Å². The lowest BCUT2D eigenvalue weighted by Gasteiger charge is -2.09. The molecule has 1 amide bonds. The van der Waals surface area contributed by atoms with Crippen LogP contribution in [0.5, 0.6) is 0 Å². The summed E-state index contributed by atoms with van der Waals surface area (Å²) in [6.45, 7) is 2.80. The molecule has 1 heterocycles. The fourth-order valence-corrected chi connectivity index (χ4v) is 3.84. The van der Waals surface area contributed by atoms with Crippen LogP contribution in [0.25, 0.3) is 11.0 Å². The maximum atomic E-state index is 12.3. The molecule has 0 saturated carbocycles. The van der Waals surface area contributed by atoms with Crippen molar-refractivity contribution < 1.29 is 13.2 Å². The summed E-state index contributed by atoms with van der Waals surface area (Å²) in [5.74, 6) is 0.187. The monoisotopic (exact) mass is 386 g/mol. The number of carbonyl (C=O) groups is 1. The summed E-state index contributed by atoms with van der Waals surface area (Å²) in [7, 11) is -3.62. The van der Waals surface area contributed by atoms with E-state index in [1.54, 1.807) is 18.2 Å². The highest BCUT2D eigenvalue weighted by Gasteiger charge is 2.15. The molecule has 2 aromatic carbocycles. The number of aromatic nitrogens is 2. The minimum absolute atomic E-state index is 0.0110. The quantitative estimate of drug-likeness (QED) is 0.622. The summed E-state index contributed by atoms with van der Waals surface area (Å²) in [6, 6.07) is 15.8. The number of benzene rings is 2. The summed E-state index contributed by atoms with van der Waals surface area (Å²) in [6.07, 6.45) is 0.918. The van der Waals surface area contributed by atoms with Gasteiger partial charge in [-0.15, -0.1) is 0 Å². The normalized spacial score (nSPS) is 11.6. The number of hydrogen-bond donors (Lipinski definition) is 2. The molecule has 7 nitrogen and oxygen atoms in total. The summed E-state index contributed by atoms with van der Waals surface area (Å²) in [4.78, 5) is 16.9. The third-order valence-corrected chi connectivity index (χ3v) is 5.53. The Kier molecular flexibility index (Phi) is 5.88. The second-order valence-corrected chi connectivity index (χ2v) is 7.85. The number of imidazole rings is 1. The third kappa shape index (κ3) is 4.53. The number of hydrogen-bond acceptors (Lipinski definition) is 4. The molecule has 0 fully saturated rings. The first-order valence-electron chi connectivity index (χ1n) is 8.81. The summed E-state index contributed by atoms with van der Waals surface area (Å²) >= 11 is 0. The Labute approximate surface area is 158 Å². The molecule has 142 valence electrons. The smallest absolute Gasteiger partial charge is 0.240 e. The Bertz CT molecular complexity index is 1030. The first-order chi connectivity index (χ1) is 13.0. The fourth-order valence-electron chi connectivity index (χ4n) is 2.79. The second kappa shape index (κ2) is 8.32. The number of nitrogens with zero attached hydrogens (tertiary/aromatic N) is 2. The Morgan fingerprint density at radius 3 is 2.52 bits per heavy atom. The molecule has 0 aliphatic rings. The molecule has 0 spiro atoms. The van der Waals surface area contributed by atoms with Gasteiger partial charge in [0.1, 0.15) is 0 Å². The van der Waals surface area contributed by atoms with Gasteiger partial charge in [-0.1, -0.05) is 37.3 Å². The molecule has 0 unspecified atom stereocenters. The SMILES string of the molecule is CCCn1c(NC(=O)CCNS(=O)(=O)c2ccccc2)nc2ccccc21. The lowest BCUT2D eigenvalue weighted by Crippen LogP contribution is -2.28. The topological polar surface area (TPSA) is 93.1 Å². The van der Waals surface area contributed by atoms with Gasteiger partial charge in [0.15, 0.2) is 0 Å². The molecule has 0 aliphatic heterocycles.